The van der Waals surface area contributed by atoms with Crippen LogP contribution in [-0.4, -0.2) is 33.6 Å². The quantitative estimate of drug-likeness (QED) is 0.771. The number of aryl methyl sites for hydroxylation is 1. The molecular weight excluding hydrogens is 358 g/mol. The zero-order valence-corrected chi connectivity index (χ0v) is 16.4. The monoisotopic (exact) mass is 385 g/mol. The Hall–Kier alpha value is -2.70. The molecule has 3 unspecified atom stereocenters. The highest BCUT2D eigenvalue weighted by molar-refractivity contribution is 5.83. The van der Waals surface area contributed by atoms with Gasteiger partial charge in [0.1, 0.15) is 0 Å². The van der Waals surface area contributed by atoms with Crippen molar-refractivity contribution in [2.45, 2.75) is 64.6 Å². The van der Waals surface area contributed by atoms with Crippen LogP contribution in [-0.2, 0) is 20.9 Å². The molecule has 3 rings (SSSR count). The van der Waals surface area contributed by atoms with Crippen molar-refractivity contribution < 1.29 is 14.3 Å². The average Bonchev–Trinajstić information content (AvgIpc) is 2.69. The molecule has 7 heteroatoms. The summed E-state index contributed by atoms with van der Waals surface area (Å²) < 4.78 is 6.64. The maximum atomic E-state index is 12.4. The number of aromatic nitrogens is 2. The molecule has 150 valence electrons. The van der Waals surface area contributed by atoms with Crippen LogP contribution in [0.1, 0.15) is 46.0 Å². The number of fused-ring (bicyclic) bond motifs is 1. The predicted octanol–water partition coefficient (Wildman–Crippen LogP) is 2.41. The Morgan fingerprint density at radius 3 is 2.82 bits per heavy atom. The van der Waals surface area contributed by atoms with Crippen LogP contribution in [0.5, 0.6) is 0 Å². The van der Waals surface area contributed by atoms with Gasteiger partial charge in [0.2, 0.25) is 0 Å². The fraction of sp³-hybridized carbons (Fsp3) is 0.524. The molecule has 0 saturated heterocycles. The van der Waals surface area contributed by atoms with Crippen molar-refractivity contribution in [3.05, 3.63) is 40.9 Å². The summed E-state index contributed by atoms with van der Waals surface area (Å²) >= 11 is 0. The number of hydrogen-bond donors (Lipinski definition) is 1. The Labute approximate surface area is 164 Å². The number of esters is 1. The predicted molar refractivity (Wildman–Crippen MR) is 106 cm³/mol. The summed E-state index contributed by atoms with van der Waals surface area (Å²) in [4.78, 5) is 41.1. The van der Waals surface area contributed by atoms with Crippen molar-refractivity contribution >= 4 is 22.8 Å². The molecule has 3 atom stereocenters. The van der Waals surface area contributed by atoms with E-state index in [4.69, 9.17) is 4.74 Å². The topological polar surface area (TPSA) is 90.3 Å². The third-order valence-electron chi connectivity index (χ3n) is 5.40. The minimum absolute atomic E-state index is 0.00260. The molecule has 0 bridgehead atoms. The zero-order valence-electron chi connectivity index (χ0n) is 16.4. The van der Waals surface area contributed by atoms with Gasteiger partial charge in [-0.1, -0.05) is 31.9 Å². The molecule has 0 aliphatic heterocycles. The molecular formula is C21H27N3O4. The molecule has 1 saturated carbocycles. The molecule has 28 heavy (non-hydrogen) atoms. The molecule has 1 heterocycles. The van der Waals surface area contributed by atoms with Gasteiger partial charge in [-0.3, -0.25) is 19.0 Å². The molecule has 1 aromatic carbocycles. The SMILES string of the molecule is CC(OC(=O)CCn1cnc2ccccc2c1=O)C(=O)NC1CCCCC1C. The fourth-order valence-electron chi connectivity index (χ4n) is 3.62. The van der Waals surface area contributed by atoms with Crippen molar-refractivity contribution in [2.24, 2.45) is 5.92 Å². The maximum absolute atomic E-state index is 12.4. The van der Waals surface area contributed by atoms with Crippen LogP contribution in [0.15, 0.2) is 35.4 Å². The van der Waals surface area contributed by atoms with E-state index >= 15 is 0 Å². The van der Waals surface area contributed by atoms with Crippen LogP contribution in [0.2, 0.25) is 0 Å². The number of hydrogen-bond acceptors (Lipinski definition) is 5. The van der Waals surface area contributed by atoms with Crippen LogP contribution in [0, 0.1) is 5.92 Å². The molecule has 1 N–H and O–H groups in total. The lowest BCUT2D eigenvalue weighted by molar-refractivity contribution is -0.155. The van der Waals surface area contributed by atoms with Gasteiger partial charge in [-0.05, 0) is 37.8 Å². The normalized spacial score (nSPS) is 20.5. The minimum Gasteiger partial charge on any atom is -0.452 e. The maximum Gasteiger partial charge on any atom is 0.308 e. The Kier molecular flexibility index (Phi) is 6.44. The summed E-state index contributed by atoms with van der Waals surface area (Å²) in [6.45, 7) is 3.87. The molecule has 1 fully saturated rings. The first-order valence-electron chi connectivity index (χ1n) is 9.89. The number of nitrogens with zero attached hydrogens (tertiary/aromatic N) is 2. The summed E-state index contributed by atoms with van der Waals surface area (Å²) in [5.41, 5.74) is 0.420. The second-order valence-electron chi connectivity index (χ2n) is 7.52. The molecule has 7 nitrogen and oxygen atoms in total. The molecule has 1 aliphatic rings. The van der Waals surface area contributed by atoms with Gasteiger partial charge in [-0.2, -0.15) is 0 Å². The summed E-state index contributed by atoms with van der Waals surface area (Å²) in [6, 6.07) is 7.21. The fourth-order valence-corrected chi connectivity index (χ4v) is 3.62. The van der Waals surface area contributed by atoms with E-state index in [1.807, 2.05) is 6.07 Å². The lowest BCUT2D eigenvalue weighted by Gasteiger charge is -2.30. The van der Waals surface area contributed by atoms with Crippen molar-refractivity contribution in [3.8, 4) is 0 Å². The Balaban J connectivity index is 1.52. The number of amides is 1. The average molecular weight is 385 g/mol. The number of benzene rings is 1. The molecule has 0 radical (unpaired) electrons. The Bertz CT molecular complexity index is 908. The second-order valence-corrected chi connectivity index (χ2v) is 7.52. The first kappa shape index (κ1) is 20.0. The van der Waals surface area contributed by atoms with Gasteiger partial charge in [0.25, 0.3) is 11.5 Å². The largest absolute Gasteiger partial charge is 0.452 e. The van der Waals surface area contributed by atoms with Crippen LogP contribution in [0.3, 0.4) is 0 Å². The van der Waals surface area contributed by atoms with Gasteiger partial charge in [0.05, 0.1) is 23.7 Å². The van der Waals surface area contributed by atoms with Crippen LogP contribution >= 0.6 is 0 Å². The summed E-state index contributed by atoms with van der Waals surface area (Å²) in [5.74, 6) is -0.344. The summed E-state index contributed by atoms with van der Waals surface area (Å²) in [5, 5.41) is 3.50. The van der Waals surface area contributed by atoms with E-state index in [2.05, 4.69) is 17.2 Å². The zero-order chi connectivity index (χ0) is 20.1. The number of carbonyl (C=O) groups is 2. The van der Waals surface area contributed by atoms with Gasteiger partial charge in [-0.25, -0.2) is 4.98 Å². The van der Waals surface area contributed by atoms with Crippen LogP contribution < -0.4 is 10.9 Å². The lowest BCUT2D eigenvalue weighted by Crippen LogP contribution is -2.46. The van der Waals surface area contributed by atoms with Gasteiger partial charge in [-0.15, -0.1) is 0 Å². The smallest absolute Gasteiger partial charge is 0.308 e. The number of nitrogens with one attached hydrogen (secondary N) is 1. The van der Waals surface area contributed by atoms with Gasteiger partial charge in [0, 0.05) is 12.6 Å². The molecule has 0 spiro atoms. The van der Waals surface area contributed by atoms with Gasteiger partial charge in [0.15, 0.2) is 6.10 Å². The highest BCUT2D eigenvalue weighted by Crippen LogP contribution is 2.23. The summed E-state index contributed by atoms with van der Waals surface area (Å²) in [6.07, 6.45) is 4.95. The third kappa shape index (κ3) is 4.77. The van der Waals surface area contributed by atoms with Crippen molar-refractivity contribution in [1.29, 1.82) is 0 Å². The first-order chi connectivity index (χ1) is 13.5. The highest BCUT2D eigenvalue weighted by atomic mass is 16.5. The van der Waals surface area contributed by atoms with E-state index in [0.717, 1.165) is 19.3 Å². The number of rotatable bonds is 6. The highest BCUT2D eigenvalue weighted by Gasteiger charge is 2.26. The number of carbonyl (C=O) groups excluding carboxylic acids is 2. The van der Waals surface area contributed by atoms with E-state index in [-0.39, 0.29) is 30.5 Å². The van der Waals surface area contributed by atoms with E-state index in [1.54, 1.807) is 25.1 Å². The molecule has 2 aromatic rings. The van der Waals surface area contributed by atoms with E-state index < -0.39 is 12.1 Å². The lowest BCUT2D eigenvalue weighted by atomic mass is 9.86. The number of para-hydroxylation sites is 1. The van der Waals surface area contributed by atoms with Crippen molar-refractivity contribution in [3.63, 3.8) is 0 Å². The Morgan fingerprint density at radius 2 is 2.04 bits per heavy atom. The van der Waals surface area contributed by atoms with Gasteiger partial charge < -0.3 is 10.1 Å². The van der Waals surface area contributed by atoms with Gasteiger partial charge >= 0.3 is 5.97 Å². The first-order valence-corrected chi connectivity index (χ1v) is 9.89. The van der Waals surface area contributed by atoms with Crippen molar-refractivity contribution in [2.75, 3.05) is 0 Å². The second kappa shape index (κ2) is 8.99. The van der Waals surface area contributed by atoms with E-state index in [1.165, 1.54) is 17.3 Å². The van der Waals surface area contributed by atoms with Crippen LogP contribution in [0.25, 0.3) is 10.9 Å². The molecule has 1 aromatic heterocycles. The van der Waals surface area contributed by atoms with E-state index in [0.29, 0.717) is 16.8 Å². The van der Waals surface area contributed by atoms with E-state index in [9.17, 15) is 14.4 Å². The summed E-state index contributed by atoms with van der Waals surface area (Å²) in [7, 11) is 0. The Morgan fingerprint density at radius 1 is 1.29 bits per heavy atom. The number of ether oxygens (including phenoxy) is 1. The minimum atomic E-state index is -0.854. The molecule has 1 amide bonds. The third-order valence-corrected chi connectivity index (χ3v) is 5.40. The van der Waals surface area contributed by atoms with Crippen molar-refractivity contribution in [1.82, 2.24) is 14.9 Å². The standard InChI is InChI=1S/C21H27N3O4/c1-14-7-3-5-9-17(14)23-20(26)15(2)28-19(25)11-12-24-13-22-18-10-6-4-8-16(18)21(24)27/h4,6,8,10,13-15,17H,3,5,7,9,11-12H2,1-2H3,(H,23,26). The van der Waals surface area contributed by atoms with Crippen LogP contribution in [0.4, 0.5) is 0 Å². The molecule has 1 aliphatic carbocycles.